The van der Waals surface area contributed by atoms with E-state index in [9.17, 15) is 14.9 Å². The number of benzene rings is 1. The number of carbonyl (C=O) groups is 1. The quantitative estimate of drug-likeness (QED) is 0.631. The molecule has 13 heavy (non-hydrogen) atoms. The van der Waals surface area contributed by atoms with E-state index in [-0.39, 0.29) is 11.3 Å². The van der Waals surface area contributed by atoms with Crippen molar-refractivity contribution in [1.29, 1.82) is 0 Å². The molecule has 68 valence electrons. The zero-order valence-corrected chi connectivity index (χ0v) is 7.95. The number of carbonyl (C=O) groups excluding carboxylic acids is 1. The van der Waals surface area contributed by atoms with Crippen LogP contribution in [-0.4, -0.2) is 10.8 Å². The van der Waals surface area contributed by atoms with Crippen LogP contribution >= 0.6 is 15.9 Å². The van der Waals surface area contributed by atoms with Crippen LogP contribution in [-0.2, 0) is 0 Å². The minimum atomic E-state index is -0.685. The van der Waals surface area contributed by atoms with E-state index < -0.39 is 10.8 Å². The van der Waals surface area contributed by atoms with Crippen molar-refractivity contribution in [3.05, 3.63) is 38.3 Å². The molecule has 0 fully saturated rings. The summed E-state index contributed by atoms with van der Waals surface area (Å²) in [5.74, 6) is -0.685. The topological polar surface area (TPSA) is 86.2 Å². The Balaban J connectivity index is 3.27. The second kappa shape index (κ2) is 3.53. The second-order valence-corrected chi connectivity index (χ2v) is 3.14. The van der Waals surface area contributed by atoms with Crippen molar-refractivity contribution in [2.45, 2.75) is 0 Å². The van der Waals surface area contributed by atoms with Gasteiger partial charge in [-0.3, -0.25) is 14.9 Å². The van der Waals surface area contributed by atoms with Crippen LogP contribution in [0.4, 0.5) is 5.69 Å². The van der Waals surface area contributed by atoms with Crippen LogP contribution in [0.25, 0.3) is 0 Å². The molecule has 0 aliphatic rings. The Kier molecular flexibility index (Phi) is 2.62. The fourth-order valence-corrected chi connectivity index (χ4v) is 1.20. The first-order valence-electron chi connectivity index (χ1n) is 3.26. The molecule has 1 aromatic rings. The number of halogens is 1. The third-order valence-corrected chi connectivity index (χ3v) is 2.10. The first-order chi connectivity index (χ1) is 6.02. The molecule has 5 nitrogen and oxygen atoms in total. The number of nitro groups is 1. The number of nitrogens with zero attached hydrogens (tertiary/aromatic N) is 1. The Morgan fingerprint density at radius 1 is 1.54 bits per heavy atom. The number of primary amides is 1. The molecule has 0 aliphatic heterocycles. The first-order valence-corrected chi connectivity index (χ1v) is 4.05. The largest absolute Gasteiger partial charge is 0.366 e. The van der Waals surface area contributed by atoms with Crippen molar-refractivity contribution in [3.8, 4) is 0 Å². The molecule has 1 amide bonds. The Morgan fingerprint density at radius 3 is 2.62 bits per heavy atom. The van der Waals surface area contributed by atoms with Crippen molar-refractivity contribution in [3.63, 3.8) is 0 Å². The first kappa shape index (κ1) is 9.66. The SMILES string of the molecule is NC(=O)c1ccc(Br)c([N+](=O)[O-])c1. The lowest BCUT2D eigenvalue weighted by Crippen LogP contribution is -2.11. The maximum Gasteiger partial charge on any atom is 0.284 e. The molecule has 2 N–H and O–H groups in total. The summed E-state index contributed by atoms with van der Waals surface area (Å²) in [5, 5.41) is 10.4. The maximum atomic E-state index is 10.7. The van der Waals surface area contributed by atoms with Crippen molar-refractivity contribution in [2.24, 2.45) is 5.73 Å². The number of hydrogen-bond donors (Lipinski definition) is 1. The van der Waals surface area contributed by atoms with Gasteiger partial charge in [0.25, 0.3) is 5.69 Å². The van der Waals surface area contributed by atoms with Crippen LogP contribution < -0.4 is 5.73 Å². The molecule has 0 spiro atoms. The van der Waals surface area contributed by atoms with Gasteiger partial charge in [0, 0.05) is 11.6 Å². The Morgan fingerprint density at radius 2 is 2.15 bits per heavy atom. The Hall–Kier alpha value is -1.43. The third kappa shape index (κ3) is 2.03. The predicted octanol–water partition coefficient (Wildman–Crippen LogP) is 1.46. The number of amides is 1. The number of hydrogen-bond acceptors (Lipinski definition) is 3. The van der Waals surface area contributed by atoms with Crippen LogP contribution in [0, 0.1) is 10.1 Å². The molecule has 0 saturated heterocycles. The minimum absolute atomic E-state index is 0.120. The van der Waals surface area contributed by atoms with Crippen LogP contribution in [0.15, 0.2) is 22.7 Å². The number of nitrogens with two attached hydrogens (primary N) is 1. The summed E-state index contributed by atoms with van der Waals surface area (Å²) in [6.07, 6.45) is 0. The monoisotopic (exact) mass is 244 g/mol. The van der Waals surface area contributed by atoms with Gasteiger partial charge >= 0.3 is 0 Å². The second-order valence-electron chi connectivity index (χ2n) is 2.29. The van der Waals surface area contributed by atoms with E-state index in [2.05, 4.69) is 15.9 Å². The van der Waals surface area contributed by atoms with Gasteiger partial charge in [-0.1, -0.05) is 0 Å². The molecule has 0 saturated carbocycles. The van der Waals surface area contributed by atoms with Gasteiger partial charge in [-0.05, 0) is 28.1 Å². The summed E-state index contributed by atoms with van der Waals surface area (Å²) in [7, 11) is 0. The van der Waals surface area contributed by atoms with Gasteiger partial charge in [-0.2, -0.15) is 0 Å². The highest BCUT2D eigenvalue weighted by atomic mass is 79.9. The lowest BCUT2D eigenvalue weighted by Gasteiger charge is -1.97. The molecule has 0 unspecified atom stereocenters. The van der Waals surface area contributed by atoms with Gasteiger partial charge in [0.15, 0.2) is 0 Å². The number of rotatable bonds is 2. The Labute approximate surface area is 81.8 Å². The van der Waals surface area contributed by atoms with Crippen molar-refractivity contribution < 1.29 is 9.72 Å². The van der Waals surface area contributed by atoms with Gasteiger partial charge in [-0.25, -0.2) is 0 Å². The summed E-state index contributed by atoms with van der Waals surface area (Å²) in [5.41, 5.74) is 4.91. The zero-order valence-electron chi connectivity index (χ0n) is 6.36. The lowest BCUT2D eigenvalue weighted by molar-refractivity contribution is -0.385. The molecule has 0 atom stereocenters. The smallest absolute Gasteiger partial charge is 0.284 e. The summed E-state index contributed by atoms with van der Waals surface area (Å²) >= 11 is 2.99. The highest BCUT2D eigenvalue weighted by molar-refractivity contribution is 9.10. The lowest BCUT2D eigenvalue weighted by atomic mass is 10.2. The fraction of sp³-hybridized carbons (Fsp3) is 0. The van der Waals surface area contributed by atoms with Gasteiger partial charge in [-0.15, -0.1) is 0 Å². The van der Waals surface area contributed by atoms with Gasteiger partial charge in [0.2, 0.25) is 5.91 Å². The van der Waals surface area contributed by atoms with E-state index in [1.165, 1.54) is 12.1 Å². The standard InChI is InChI=1S/C7H5BrN2O3/c8-5-2-1-4(7(9)11)3-6(5)10(12)13/h1-3H,(H2,9,11). The molecule has 0 heterocycles. The zero-order chi connectivity index (χ0) is 10.0. The molecule has 0 aromatic heterocycles. The third-order valence-electron chi connectivity index (χ3n) is 1.43. The molecule has 1 aromatic carbocycles. The highest BCUT2D eigenvalue weighted by Gasteiger charge is 2.13. The van der Waals surface area contributed by atoms with Crippen LogP contribution in [0.3, 0.4) is 0 Å². The average Bonchev–Trinajstić information content (AvgIpc) is 2.04. The van der Waals surface area contributed by atoms with E-state index in [1.807, 2.05) is 0 Å². The van der Waals surface area contributed by atoms with Gasteiger partial charge < -0.3 is 5.73 Å². The van der Waals surface area contributed by atoms with Crippen LogP contribution in [0.1, 0.15) is 10.4 Å². The minimum Gasteiger partial charge on any atom is -0.366 e. The van der Waals surface area contributed by atoms with Crippen LogP contribution in [0.2, 0.25) is 0 Å². The van der Waals surface area contributed by atoms with Crippen molar-refractivity contribution in [2.75, 3.05) is 0 Å². The highest BCUT2D eigenvalue weighted by Crippen LogP contribution is 2.25. The van der Waals surface area contributed by atoms with Crippen molar-refractivity contribution >= 4 is 27.5 Å². The summed E-state index contributed by atoms with van der Waals surface area (Å²) in [6, 6.07) is 3.96. The summed E-state index contributed by atoms with van der Waals surface area (Å²) < 4.78 is 0.322. The van der Waals surface area contributed by atoms with Crippen LogP contribution in [0.5, 0.6) is 0 Å². The molecule has 0 bridgehead atoms. The van der Waals surface area contributed by atoms with E-state index in [0.29, 0.717) is 4.47 Å². The molecular formula is C7H5BrN2O3. The fourth-order valence-electron chi connectivity index (χ4n) is 0.806. The van der Waals surface area contributed by atoms with E-state index in [0.717, 1.165) is 6.07 Å². The number of nitro benzene ring substituents is 1. The molecule has 1 rings (SSSR count). The molecule has 0 radical (unpaired) electrons. The molecular weight excluding hydrogens is 240 g/mol. The maximum absolute atomic E-state index is 10.7. The average molecular weight is 245 g/mol. The Bertz CT molecular complexity index is 378. The van der Waals surface area contributed by atoms with Gasteiger partial charge in [0.1, 0.15) is 0 Å². The van der Waals surface area contributed by atoms with E-state index in [1.54, 1.807) is 0 Å². The molecule has 6 heteroatoms. The van der Waals surface area contributed by atoms with Gasteiger partial charge in [0.05, 0.1) is 9.40 Å². The van der Waals surface area contributed by atoms with E-state index in [4.69, 9.17) is 5.73 Å². The summed E-state index contributed by atoms with van der Waals surface area (Å²) in [6.45, 7) is 0. The normalized spacial score (nSPS) is 9.62. The summed E-state index contributed by atoms with van der Waals surface area (Å²) in [4.78, 5) is 20.5. The molecule has 0 aliphatic carbocycles. The van der Waals surface area contributed by atoms with Crippen molar-refractivity contribution in [1.82, 2.24) is 0 Å². The predicted molar refractivity (Wildman–Crippen MR) is 49.3 cm³/mol. The van der Waals surface area contributed by atoms with E-state index >= 15 is 0 Å².